The SMILES string of the molecule is O=C(NCc1ccco1)C(C1CCCC1)N1CCN(C(=O)C2CCCCC2)CC1. The molecule has 1 aliphatic heterocycles. The third kappa shape index (κ3) is 5.03. The highest BCUT2D eigenvalue weighted by atomic mass is 16.3. The molecule has 0 aromatic carbocycles. The molecule has 3 fully saturated rings. The van der Waals surface area contributed by atoms with E-state index in [1.807, 2.05) is 12.1 Å². The Morgan fingerprint density at radius 2 is 1.69 bits per heavy atom. The predicted molar refractivity (Wildman–Crippen MR) is 111 cm³/mol. The second kappa shape index (κ2) is 9.79. The molecule has 1 saturated heterocycles. The van der Waals surface area contributed by atoms with E-state index < -0.39 is 0 Å². The van der Waals surface area contributed by atoms with Crippen molar-refractivity contribution in [1.82, 2.24) is 15.1 Å². The summed E-state index contributed by atoms with van der Waals surface area (Å²) >= 11 is 0. The van der Waals surface area contributed by atoms with E-state index in [1.54, 1.807) is 6.26 Å². The van der Waals surface area contributed by atoms with Crippen molar-refractivity contribution in [2.45, 2.75) is 70.4 Å². The van der Waals surface area contributed by atoms with Crippen LogP contribution in [0.4, 0.5) is 0 Å². The molecular weight excluding hydrogens is 366 g/mol. The molecule has 1 N–H and O–H groups in total. The number of furan rings is 1. The van der Waals surface area contributed by atoms with E-state index in [4.69, 9.17) is 4.42 Å². The first-order valence-corrected chi connectivity index (χ1v) is 11.6. The molecule has 1 aromatic rings. The minimum Gasteiger partial charge on any atom is -0.467 e. The molecule has 4 rings (SSSR count). The van der Waals surface area contributed by atoms with Crippen molar-refractivity contribution in [3.05, 3.63) is 24.2 Å². The molecule has 160 valence electrons. The number of nitrogens with zero attached hydrogens (tertiary/aromatic N) is 2. The van der Waals surface area contributed by atoms with Gasteiger partial charge in [-0.2, -0.15) is 0 Å². The second-order valence-electron chi connectivity index (χ2n) is 8.98. The van der Waals surface area contributed by atoms with Crippen molar-refractivity contribution < 1.29 is 14.0 Å². The molecule has 1 atom stereocenters. The number of hydrogen-bond donors (Lipinski definition) is 1. The van der Waals surface area contributed by atoms with Crippen molar-refractivity contribution in [2.75, 3.05) is 26.2 Å². The van der Waals surface area contributed by atoms with Gasteiger partial charge in [0.1, 0.15) is 5.76 Å². The van der Waals surface area contributed by atoms with Crippen LogP contribution in [-0.2, 0) is 16.1 Å². The van der Waals surface area contributed by atoms with E-state index >= 15 is 0 Å². The monoisotopic (exact) mass is 401 g/mol. The van der Waals surface area contributed by atoms with Crippen molar-refractivity contribution in [3.8, 4) is 0 Å². The molecular formula is C23H35N3O3. The first-order chi connectivity index (χ1) is 14.2. The molecule has 6 nitrogen and oxygen atoms in total. The van der Waals surface area contributed by atoms with Gasteiger partial charge >= 0.3 is 0 Å². The zero-order valence-corrected chi connectivity index (χ0v) is 17.5. The van der Waals surface area contributed by atoms with Gasteiger partial charge < -0.3 is 14.6 Å². The van der Waals surface area contributed by atoms with Crippen LogP contribution in [0.3, 0.4) is 0 Å². The third-order valence-corrected chi connectivity index (χ3v) is 7.11. The van der Waals surface area contributed by atoms with Gasteiger partial charge in [-0.05, 0) is 43.7 Å². The lowest BCUT2D eigenvalue weighted by Crippen LogP contribution is -2.58. The summed E-state index contributed by atoms with van der Waals surface area (Å²) in [6.07, 6.45) is 12.1. The Morgan fingerprint density at radius 1 is 1.00 bits per heavy atom. The lowest BCUT2D eigenvalue weighted by molar-refractivity contribution is -0.139. The van der Waals surface area contributed by atoms with Crippen molar-refractivity contribution in [3.63, 3.8) is 0 Å². The Bertz CT molecular complexity index is 655. The smallest absolute Gasteiger partial charge is 0.238 e. The quantitative estimate of drug-likeness (QED) is 0.795. The van der Waals surface area contributed by atoms with Gasteiger partial charge in [0, 0.05) is 32.1 Å². The highest BCUT2D eigenvalue weighted by Crippen LogP contribution is 2.32. The van der Waals surface area contributed by atoms with Gasteiger partial charge in [-0.25, -0.2) is 0 Å². The number of rotatable bonds is 6. The summed E-state index contributed by atoms with van der Waals surface area (Å²) in [7, 11) is 0. The van der Waals surface area contributed by atoms with E-state index in [-0.39, 0.29) is 17.9 Å². The topological polar surface area (TPSA) is 65.8 Å². The maximum absolute atomic E-state index is 13.1. The molecule has 2 saturated carbocycles. The van der Waals surface area contributed by atoms with Crippen LogP contribution in [0.5, 0.6) is 0 Å². The van der Waals surface area contributed by atoms with Crippen LogP contribution < -0.4 is 5.32 Å². The molecule has 3 aliphatic rings. The van der Waals surface area contributed by atoms with Gasteiger partial charge in [0.25, 0.3) is 0 Å². The molecule has 2 aliphatic carbocycles. The largest absolute Gasteiger partial charge is 0.467 e. The molecule has 0 radical (unpaired) electrons. The van der Waals surface area contributed by atoms with Crippen LogP contribution in [0.15, 0.2) is 22.8 Å². The van der Waals surface area contributed by atoms with Gasteiger partial charge in [-0.3, -0.25) is 14.5 Å². The zero-order chi connectivity index (χ0) is 20.1. The Balaban J connectivity index is 1.34. The molecule has 0 bridgehead atoms. The summed E-state index contributed by atoms with van der Waals surface area (Å²) in [5.41, 5.74) is 0. The van der Waals surface area contributed by atoms with Gasteiger partial charge in [0.2, 0.25) is 11.8 Å². The third-order valence-electron chi connectivity index (χ3n) is 7.11. The second-order valence-corrected chi connectivity index (χ2v) is 8.98. The highest BCUT2D eigenvalue weighted by molar-refractivity contribution is 5.82. The molecule has 2 amide bonds. The minimum absolute atomic E-state index is 0.0839. The molecule has 2 heterocycles. The minimum atomic E-state index is -0.0839. The van der Waals surface area contributed by atoms with Gasteiger partial charge in [-0.1, -0.05) is 32.1 Å². The van der Waals surface area contributed by atoms with Crippen LogP contribution in [0.2, 0.25) is 0 Å². The fourth-order valence-electron chi connectivity index (χ4n) is 5.47. The Morgan fingerprint density at radius 3 is 2.34 bits per heavy atom. The summed E-state index contributed by atoms with van der Waals surface area (Å²) in [4.78, 5) is 30.4. The first-order valence-electron chi connectivity index (χ1n) is 11.6. The number of hydrogen-bond acceptors (Lipinski definition) is 4. The maximum atomic E-state index is 13.1. The van der Waals surface area contributed by atoms with E-state index in [1.165, 1.54) is 32.1 Å². The standard InChI is InChI=1S/C23H35N3O3/c27-22(24-17-20-11-6-16-29-20)21(18-7-4-5-8-18)25-12-14-26(15-13-25)23(28)19-9-2-1-3-10-19/h6,11,16,18-19,21H,1-5,7-10,12-15,17H2,(H,24,27). The van der Waals surface area contributed by atoms with Crippen molar-refractivity contribution >= 4 is 11.8 Å². The Labute approximate surface area is 174 Å². The lowest BCUT2D eigenvalue weighted by Gasteiger charge is -2.41. The van der Waals surface area contributed by atoms with E-state index in [2.05, 4.69) is 15.1 Å². The molecule has 29 heavy (non-hydrogen) atoms. The van der Waals surface area contributed by atoms with Gasteiger partial charge in [0.05, 0.1) is 18.8 Å². The number of amides is 2. The van der Waals surface area contributed by atoms with Crippen LogP contribution in [0, 0.1) is 11.8 Å². The summed E-state index contributed by atoms with van der Waals surface area (Å²) in [5, 5.41) is 3.09. The summed E-state index contributed by atoms with van der Waals surface area (Å²) in [6, 6.07) is 3.65. The fourth-order valence-corrected chi connectivity index (χ4v) is 5.47. The summed E-state index contributed by atoms with van der Waals surface area (Å²) in [6.45, 7) is 3.55. The predicted octanol–water partition coefficient (Wildman–Crippen LogP) is 3.18. The van der Waals surface area contributed by atoms with E-state index in [9.17, 15) is 9.59 Å². The normalized spacial score (nSPS) is 23.2. The van der Waals surface area contributed by atoms with Gasteiger partial charge in [-0.15, -0.1) is 0 Å². The van der Waals surface area contributed by atoms with Crippen molar-refractivity contribution in [1.29, 1.82) is 0 Å². The van der Waals surface area contributed by atoms with Crippen molar-refractivity contribution in [2.24, 2.45) is 11.8 Å². The average molecular weight is 402 g/mol. The van der Waals surface area contributed by atoms with Crippen LogP contribution in [-0.4, -0.2) is 53.8 Å². The van der Waals surface area contributed by atoms with Crippen LogP contribution in [0.25, 0.3) is 0 Å². The van der Waals surface area contributed by atoms with Crippen LogP contribution in [0.1, 0.15) is 63.5 Å². The average Bonchev–Trinajstić information content (AvgIpc) is 3.48. The maximum Gasteiger partial charge on any atom is 0.238 e. The number of carbonyl (C=O) groups is 2. The Hall–Kier alpha value is -1.82. The van der Waals surface area contributed by atoms with E-state index in [0.29, 0.717) is 18.4 Å². The highest BCUT2D eigenvalue weighted by Gasteiger charge is 2.38. The number of carbonyl (C=O) groups excluding carboxylic acids is 2. The molecule has 6 heteroatoms. The number of nitrogens with one attached hydrogen (secondary N) is 1. The Kier molecular flexibility index (Phi) is 6.90. The van der Waals surface area contributed by atoms with Crippen LogP contribution >= 0.6 is 0 Å². The van der Waals surface area contributed by atoms with Gasteiger partial charge in [0.15, 0.2) is 0 Å². The number of piperazine rings is 1. The lowest BCUT2D eigenvalue weighted by atomic mass is 9.88. The summed E-state index contributed by atoms with van der Waals surface area (Å²) < 4.78 is 5.36. The zero-order valence-electron chi connectivity index (χ0n) is 17.5. The first kappa shape index (κ1) is 20.5. The van der Waals surface area contributed by atoms with E-state index in [0.717, 1.165) is 57.6 Å². The molecule has 0 spiro atoms. The molecule has 1 aromatic heterocycles. The molecule has 1 unspecified atom stereocenters. The fraction of sp³-hybridized carbons (Fsp3) is 0.739. The summed E-state index contributed by atoms with van der Waals surface area (Å²) in [5.74, 6) is 1.90.